The second-order valence-electron chi connectivity index (χ2n) is 4.15. The van der Waals surface area contributed by atoms with Crippen LogP contribution in [0.5, 0.6) is 0 Å². The summed E-state index contributed by atoms with van der Waals surface area (Å²) in [4.78, 5) is 12.1. The smallest absolute Gasteiger partial charge is 0.191 e. The van der Waals surface area contributed by atoms with Crippen molar-refractivity contribution < 1.29 is 4.79 Å². The molecule has 0 saturated heterocycles. The average Bonchev–Trinajstić information content (AvgIpc) is 2.79. The molecule has 0 aliphatic heterocycles. The number of aromatic nitrogens is 3. The van der Waals surface area contributed by atoms with Gasteiger partial charge in [0.15, 0.2) is 10.9 Å². The first-order valence-corrected chi connectivity index (χ1v) is 7.82. The molecule has 1 heterocycles. The maximum atomic E-state index is 12.1. The Kier molecular flexibility index (Phi) is 5.14. The number of hydrogen-bond acceptors (Lipinski definition) is 4. The first kappa shape index (κ1) is 15.0. The Bertz CT molecular complexity index is 622. The second kappa shape index (κ2) is 6.85. The van der Waals surface area contributed by atoms with E-state index in [1.54, 1.807) is 6.08 Å². The molecule has 6 heteroatoms. The third-order valence-corrected chi connectivity index (χ3v) is 4.21. The lowest BCUT2D eigenvalue weighted by molar-refractivity contribution is 0.102. The SMILES string of the molecule is C=CCn1c(C)nnc1SCC(=O)c1ccc(Br)cc1. The molecule has 0 aliphatic carbocycles. The van der Waals surface area contributed by atoms with Crippen LogP contribution in [0.2, 0.25) is 0 Å². The number of halogens is 1. The zero-order chi connectivity index (χ0) is 14.5. The van der Waals surface area contributed by atoms with Crippen LogP contribution in [0.25, 0.3) is 0 Å². The fraction of sp³-hybridized carbons (Fsp3) is 0.214. The minimum Gasteiger partial charge on any atom is -0.302 e. The Balaban J connectivity index is 2.03. The van der Waals surface area contributed by atoms with Crippen LogP contribution in [-0.4, -0.2) is 26.3 Å². The van der Waals surface area contributed by atoms with Crippen molar-refractivity contribution in [2.24, 2.45) is 0 Å². The van der Waals surface area contributed by atoms with Gasteiger partial charge in [-0.2, -0.15) is 0 Å². The van der Waals surface area contributed by atoms with Crippen molar-refractivity contribution in [3.05, 3.63) is 52.8 Å². The molecule has 2 rings (SSSR count). The number of aryl methyl sites for hydroxylation is 1. The lowest BCUT2D eigenvalue weighted by atomic mass is 10.2. The van der Waals surface area contributed by atoms with Crippen molar-refractivity contribution in [2.75, 3.05) is 5.75 Å². The molecule has 0 atom stereocenters. The standard InChI is InChI=1S/C14H14BrN3OS/c1-3-8-18-10(2)16-17-14(18)20-9-13(19)11-4-6-12(15)7-5-11/h3-7H,1,8-9H2,2H3. The monoisotopic (exact) mass is 351 g/mol. The molecule has 0 amide bonds. The molecule has 20 heavy (non-hydrogen) atoms. The van der Waals surface area contributed by atoms with Crippen molar-refractivity contribution in [3.8, 4) is 0 Å². The van der Waals surface area contributed by atoms with Crippen molar-refractivity contribution >= 4 is 33.5 Å². The number of Topliss-reactive ketones (excluding diaryl/α,β-unsaturated/α-hetero) is 1. The van der Waals surface area contributed by atoms with E-state index in [9.17, 15) is 4.79 Å². The number of hydrogen-bond donors (Lipinski definition) is 0. The number of rotatable bonds is 6. The predicted molar refractivity (Wildman–Crippen MR) is 84.2 cm³/mol. The van der Waals surface area contributed by atoms with Gasteiger partial charge in [0.1, 0.15) is 5.82 Å². The van der Waals surface area contributed by atoms with Crippen molar-refractivity contribution in [3.63, 3.8) is 0 Å². The van der Waals surface area contributed by atoms with Gasteiger partial charge in [-0.1, -0.05) is 45.9 Å². The maximum absolute atomic E-state index is 12.1. The molecule has 0 radical (unpaired) electrons. The minimum absolute atomic E-state index is 0.0771. The summed E-state index contributed by atoms with van der Waals surface area (Å²) in [7, 11) is 0. The van der Waals surface area contributed by atoms with Crippen molar-refractivity contribution in [1.82, 2.24) is 14.8 Å². The van der Waals surface area contributed by atoms with E-state index in [0.29, 0.717) is 17.9 Å². The number of carbonyl (C=O) groups excluding carboxylic acids is 1. The van der Waals surface area contributed by atoms with E-state index in [1.165, 1.54) is 11.8 Å². The van der Waals surface area contributed by atoms with E-state index in [-0.39, 0.29) is 5.78 Å². The van der Waals surface area contributed by atoms with Gasteiger partial charge in [0.25, 0.3) is 0 Å². The van der Waals surface area contributed by atoms with Crippen LogP contribution >= 0.6 is 27.7 Å². The predicted octanol–water partition coefficient (Wildman–Crippen LogP) is 3.51. The van der Waals surface area contributed by atoms with E-state index < -0.39 is 0 Å². The zero-order valence-corrected chi connectivity index (χ0v) is 13.4. The molecule has 0 aliphatic rings. The average molecular weight is 352 g/mol. The zero-order valence-electron chi connectivity index (χ0n) is 11.0. The molecule has 0 unspecified atom stereocenters. The summed E-state index contributed by atoms with van der Waals surface area (Å²) in [6.45, 7) is 6.24. The first-order chi connectivity index (χ1) is 9.61. The molecule has 4 nitrogen and oxygen atoms in total. The highest BCUT2D eigenvalue weighted by Crippen LogP contribution is 2.19. The molecule has 1 aromatic carbocycles. The van der Waals surface area contributed by atoms with Gasteiger partial charge in [0, 0.05) is 16.6 Å². The summed E-state index contributed by atoms with van der Waals surface area (Å²) >= 11 is 4.75. The Hall–Kier alpha value is -1.40. The number of carbonyl (C=O) groups is 1. The van der Waals surface area contributed by atoms with Gasteiger partial charge in [-0.05, 0) is 19.1 Å². The minimum atomic E-state index is 0.0771. The third-order valence-electron chi connectivity index (χ3n) is 2.71. The van der Waals surface area contributed by atoms with Crippen LogP contribution < -0.4 is 0 Å². The molecule has 104 valence electrons. The van der Waals surface area contributed by atoms with Crippen molar-refractivity contribution in [2.45, 2.75) is 18.6 Å². The molecule has 0 bridgehead atoms. The molecular weight excluding hydrogens is 338 g/mol. The normalized spacial score (nSPS) is 10.5. The number of nitrogens with zero attached hydrogens (tertiary/aromatic N) is 3. The van der Waals surface area contributed by atoms with Gasteiger partial charge in [-0.3, -0.25) is 4.79 Å². The Morgan fingerprint density at radius 1 is 1.40 bits per heavy atom. The summed E-state index contributed by atoms with van der Waals surface area (Å²) in [5.41, 5.74) is 0.701. The van der Waals surface area contributed by atoms with Gasteiger partial charge in [-0.25, -0.2) is 0 Å². The lowest BCUT2D eigenvalue weighted by Crippen LogP contribution is -2.05. The van der Waals surface area contributed by atoms with E-state index in [4.69, 9.17) is 0 Å². The van der Waals surface area contributed by atoms with Crippen LogP contribution in [0.4, 0.5) is 0 Å². The van der Waals surface area contributed by atoms with Crippen molar-refractivity contribution in [1.29, 1.82) is 0 Å². The summed E-state index contributed by atoms with van der Waals surface area (Å²) in [6, 6.07) is 7.35. The fourth-order valence-corrected chi connectivity index (χ4v) is 2.81. The summed E-state index contributed by atoms with van der Waals surface area (Å²) in [5.74, 6) is 1.24. The number of ketones is 1. The summed E-state index contributed by atoms with van der Waals surface area (Å²) in [6.07, 6.45) is 1.79. The molecule has 1 aromatic heterocycles. The second-order valence-corrected chi connectivity index (χ2v) is 6.01. The first-order valence-electron chi connectivity index (χ1n) is 6.04. The van der Waals surface area contributed by atoms with Gasteiger partial charge in [0.05, 0.1) is 5.75 Å². The molecule has 0 fully saturated rings. The highest BCUT2D eigenvalue weighted by Gasteiger charge is 2.12. The fourth-order valence-electron chi connectivity index (χ4n) is 1.66. The Labute approximate surface area is 130 Å². The molecule has 0 N–H and O–H groups in total. The highest BCUT2D eigenvalue weighted by atomic mass is 79.9. The van der Waals surface area contributed by atoms with Gasteiger partial charge >= 0.3 is 0 Å². The Morgan fingerprint density at radius 3 is 2.75 bits per heavy atom. The van der Waals surface area contributed by atoms with Crippen LogP contribution in [-0.2, 0) is 6.54 Å². The maximum Gasteiger partial charge on any atom is 0.191 e. The van der Waals surface area contributed by atoms with Crippen LogP contribution in [0.15, 0.2) is 46.5 Å². The van der Waals surface area contributed by atoms with E-state index in [0.717, 1.165) is 15.5 Å². The third kappa shape index (κ3) is 3.58. The van der Waals surface area contributed by atoms with Gasteiger partial charge in [0.2, 0.25) is 0 Å². The number of thioether (sulfide) groups is 1. The highest BCUT2D eigenvalue weighted by molar-refractivity contribution is 9.10. The molecule has 0 spiro atoms. The van der Waals surface area contributed by atoms with Gasteiger partial charge < -0.3 is 4.57 Å². The quantitative estimate of drug-likeness (QED) is 0.454. The number of allylic oxidation sites excluding steroid dienone is 1. The van der Waals surface area contributed by atoms with E-state index in [2.05, 4.69) is 32.7 Å². The largest absolute Gasteiger partial charge is 0.302 e. The van der Waals surface area contributed by atoms with E-state index >= 15 is 0 Å². The lowest BCUT2D eigenvalue weighted by Gasteiger charge is -2.05. The molecule has 0 saturated carbocycles. The van der Waals surface area contributed by atoms with Crippen LogP contribution in [0, 0.1) is 6.92 Å². The molecule has 2 aromatic rings. The van der Waals surface area contributed by atoms with E-state index in [1.807, 2.05) is 35.8 Å². The van der Waals surface area contributed by atoms with Gasteiger partial charge in [-0.15, -0.1) is 16.8 Å². The summed E-state index contributed by atoms with van der Waals surface area (Å²) < 4.78 is 2.90. The molecular formula is C14H14BrN3OS. The number of benzene rings is 1. The Morgan fingerprint density at radius 2 is 2.10 bits per heavy atom. The van der Waals surface area contributed by atoms with Crippen LogP contribution in [0.1, 0.15) is 16.2 Å². The topological polar surface area (TPSA) is 47.8 Å². The summed E-state index contributed by atoms with van der Waals surface area (Å²) in [5, 5.41) is 8.85. The van der Waals surface area contributed by atoms with Crippen LogP contribution in [0.3, 0.4) is 0 Å².